The monoisotopic (exact) mass is 1600 g/mol. The minimum atomic E-state index is 0.943. The summed E-state index contributed by atoms with van der Waals surface area (Å²) in [5, 5.41) is 20.7. The first-order valence-electron chi connectivity index (χ1n) is 43.3. The van der Waals surface area contributed by atoms with Gasteiger partial charge in [0.25, 0.3) is 0 Å². The Labute approximate surface area is 728 Å². The molecule has 0 bridgehead atoms. The van der Waals surface area contributed by atoms with Crippen LogP contribution in [0, 0.1) is 0 Å². The van der Waals surface area contributed by atoms with E-state index in [0.29, 0.717) is 0 Å². The highest BCUT2D eigenvalue weighted by Crippen LogP contribution is 2.53. The first-order valence-corrected chi connectivity index (χ1v) is 43.3. The molecule has 0 atom stereocenters. The van der Waals surface area contributed by atoms with Gasteiger partial charge in [0.15, 0.2) is 0 Å². The first-order chi connectivity index (χ1) is 62.5. The van der Waals surface area contributed by atoms with Gasteiger partial charge in [0.2, 0.25) is 0 Å². The van der Waals surface area contributed by atoms with Crippen molar-refractivity contribution >= 4 is 181 Å². The SMILES string of the molecule is c1ccc(-c2ccc3c(c2)c2cc(N(c4cc(N(c5ccc6c(c5)c5cc(-c7ccccc7)ccc5n6-c5cccc6ccccc56)c5cccc6ccccc56)cc(N(c5ccc6c(c5)c5cc(-c7ccccc7)ccc5n6-c5cccc6ccccc56)c5cccc6ccccc56)c4)c4cccc5ccccc45)ccc2n3-c2cccc3ccccc23)cc1. The van der Waals surface area contributed by atoms with Gasteiger partial charge in [-0.2, -0.15) is 0 Å². The third-order valence-corrected chi connectivity index (χ3v) is 26.0. The van der Waals surface area contributed by atoms with Crippen LogP contribution in [0.15, 0.2) is 473 Å². The smallest absolute Gasteiger partial charge is 0.0542 e. The fraction of sp³-hybridized carbons (Fsp3) is 0. The molecule has 0 N–H and O–H groups in total. The van der Waals surface area contributed by atoms with Gasteiger partial charge in [-0.1, -0.05) is 328 Å². The molecule has 3 aromatic heterocycles. The Balaban J connectivity index is 0.810. The Morgan fingerprint density at radius 3 is 0.619 bits per heavy atom. The van der Waals surface area contributed by atoms with E-state index in [1.54, 1.807) is 0 Å². The number of rotatable bonds is 15. The lowest BCUT2D eigenvalue weighted by atomic mass is 10.0. The average Bonchev–Trinajstić information content (AvgIpc) is 1.55. The summed E-state index contributed by atoms with van der Waals surface area (Å²) < 4.78 is 7.48. The van der Waals surface area contributed by atoms with Gasteiger partial charge in [-0.05, 0) is 211 Å². The molecule has 6 heteroatoms. The number of hydrogen-bond donors (Lipinski definition) is 0. The number of fused-ring (bicyclic) bond motifs is 15. The van der Waals surface area contributed by atoms with Crippen LogP contribution in [0.25, 0.3) is 180 Å². The highest BCUT2D eigenvalue weighted by molar-refractivity contribution is 6.18. The molecule has 0 radical (unpaired) electrons. The van der Waals surface area contributed by atoms with Crippen LogP contribution in [0.3, 0.4) is 0 Å². The van der Waals surface area contributed by atoms with Crippen molar-refractivity contribution in [1.29, 1.82) is 0 Å². The summed E-state index contributed by atoms with van der Waals surface area (Å²) >= 11 is 0. The standard InChI is InChI=1S/C120H78N6/c1-4-28-79(29-5-1)88-58-64-115-103(70-88)106-76-91(61-67-118(106)124(115)112-55-25-43-85-37-13-19-49-100(85)112)121(109-52-22-40-82-34-10-16-46-97(82)109)94-73-95(122(110-53-23-41-83-35-11-17-47-98(83)110)92-62-68-119-107(77-92)104-71-89(80-30-6-2-7-31-80)59-65-116(104)125(119)113-56-26-44-86-38-14-20-50-101(86)113)75-96(74-94)123(111-54-24-42-84-36-12-18-48-99(84)111)93-63-69-120-108(78-93)105-72-90(81-32-8-3-9-33-81)60-66-117(105)126(120)114-57-27-45-87-39-15-21-51-102(87)114/h1-78H. The zero-order valence-corrected chi connectivity index (χ0v) is 68.7. The Morgan fingerprint density at radius 2 is 0.341 bits per heavy atom. The summed E-state index contributed by atoms with van der Waals surface area (Å²) in [6.45, 7) is 0. The molecule has 0 spiro atoms. The summed E-state index contributed by atoms with van der Waals surface area (Å²) in [6.07, 6.45) is 0. The molecule has 588 valence electrons. The van der Waals surface area contributed by atoms with Crippen molar-refractivity contribution in [3.05, 3.63) is 473 Å². The van der Waals surface area contributed by atoms with E-state index in [9.17, 15) is 0 Å². The third-order valence-electron chi connectivity index (χ3n) is 26.0. The van der Waals surface area contributed by atoms with Gasteiger partial charge in [-0.15, -0.1) is 0 Å². The van der Waals surface area contributed by atoms with E-state index in [0.717, 1.165) is 199 Å². The number of aromatic nitrogens is 3. The molecule has 0 fully saturated rings. The molecule has 0 amide bonds. The molecule has 22 aromatic carbocycles. The van der Waals surface area contributed by atoms with E-state index in [2.05, 4.69) is 502 Å². The first kappa shape index (κ1) is 72.1. The van der Waals surface area contributed by atoms with Crippen LogP contribution >= 0.6 is 0 Å². The summed E-state index contributed by atoms with van der Waals surface area (Å²) in [6, 6.07) is 176. The topological polar surface area (TPSA) is 24.5 Å². The zero-order valence-electron chi connectivity index (χ0n) is 68.7. The summed E-state index contributed by atoms with van der Waals surface area (Å²) in [5.74, 6) is 0. The lowest BCUT2D eigenvalue weighted by Gasteiger charge is -2.34. The van der Waals surface area contributed by atoms with Crippen LogP contribution in [0.4, 0.5) is 51.2 Å². The second-order valence-electron chi connectivity index (χ2n) is 33.1. The maximum Gasteiger partial charge on any atom is 0.0542 e. The van der Waals surface area contributed by atoms with Crippen molar-refractivity contribution in [2.24, 2.45) is 0 Å². The Hall–Kier alpha value is -16.8. The quantitative estimate of drug-likeness (QED) is 0.102. The van der Waals surface area contributed by atoms with Crippen LogP contribution in [0.2, 0.25) is 0 Å². The predicted octanol–water partition coefficient (Wildman–Crippen LogP) is 33.3. The number of hydrogen-bond acceptors (Lipinski definition) is 3. The Kier molecular flexibility index (Phi) is 16.9. The van der Waals surface area contributed by atoms with Crippen molar-refractivity contribution in [2.45, 2.75) is 0 Å². The number of benzene rings is 22. The molecule has 0 aliphatic heterocycles. The maximum atomic E-state index is 2.55. The van der Waals surface area contributed by atoms with Crippen LogP contribution in [-0.4, -0.2) is 13.7 Å². The number of anilines is 9. The van der Waals surface area contributed by atoms with Gasteiger partial charge in [-0.3, -0.25) is 0 Å². The molecule has 0 aliphatic rings. The van der Waals surface area contributed by atoms with E-state index in [1.165, 1.54) is 32.3 Å². The van der Waals surface area contributed by atoms with Crippen LogP contribution in [0.1, 0.15) is 0 Å². The van der Waals surface area contributed by atoms with E-state index in [-0.39, 0.29) is 0 Å². The fourth-order valence-corrected chi connectivity index (χ4v) is 20.3. The van der Waals surface area contributed by atoms with Gasteiger partial charge in [0.1, 0.15) is 0 Å². The summed E-state index contributed by atoms with van der Waals surface area (Å²) in [4.78, 5) is 7.66. The van der Waals surface area contributed by atoms with Crippen molar-refractivity contribution in [3.8, 4) is 50.4 Å². The molecular formula is C120H78N6. The second kappa shape index (κ2) is 29.5. The van der Waals surface area contributed by atoms with Crippen LogP contribution < -0.4 is 14.7 Å². The van der Waals surface area contributed by atoms with Crippen molar-refractivity contribution in [3.63, 3.8) is 0 Å². The fourth-order valence-electron chi connectivity index (χ4n) is 20.3. The molecule has 25 rings (SSSR count). The lowest BCUT2D eigenvalue weighted by Crippen LogP contribution is -2.17. The molecule has 0 saturated heterocycles. The normalized spacial score (nSPS) is 11.8. The van der Waals surface area contributed by atoms with Gasteiger partial charge in [-0.25, -0.2) is 0 Å². The van der Waals surface area contributed by atoms with Gasteiger partial charge in [0.05, 0.1) is 84.3 Å². The highest BCUT2D eigenvalue weighted by atomic mass is 15.2. The van der Waals surface area contributed by atoms with Gasteiger partial charge < -0.3 is 28.4 Å². The number of nitrogens with zero attached hydrogens (tertiary/aromatic N) is 6. The van der Waals surface area contributed by atoms with Crippen LogP contribution in [0.5, 0.6) is 0 Å². The van der Waals surface area contributed by atoms with Crippen molar-refractivity contribution < 1.29 is 0 Å². The third kappa shape index (κ3) is 11.9. The molecule has 25 aromatic rings. The molecule has 0 aliphatic carbocycles. The average molecular weight is 1600 g/mol. The molecular weight excluding hydrogens is 1530 g/mol. The van der Waals surface area contributed by atoms with Crippen molar-refractivity contribution in [2.75, 3.05) is 14.7 Å². The largest absolute Gasteiger partial charge is 0.310 e. The van der Waals surface area contributed by atoms with Crippen molar-refractivity contribution in [1.82, 2.24) is 13.7 Å². The Bertz CT molecular complexity index is 7850. The Morgan fingerprint density at radius 1 is 0.127 bits per heavy atom. The second-order valence-corrected chi connectivity index (χ2v) is 33.1. The van der Waals surface area contributed by atoms with Crippen LogP contribution in [-0.2, 0) is 0 Å². The molecule has 3 heterocycles. The molecule has 6 nitrogen and oxygen atoms in total. The molecule has 0 saturated carbocycles. The van der Waals surface area contributed by atoms with E-state index in [4.69, 9.17) is 0 Å². The van der Waals surface area contributed by atoms with Gasteiger partial charge >= 0.3 is 0 Å². The maximum absolute atomic E-state index is 2.55. The van der Waals surface area contributed by atoms with E-state index >= 15 is 0 Å². The minimum Gasteiger partial charge on any atom is -0.310 e. The molecule has 126 heavy (non-hydrogen) atoms. The van der Waals surface area contributed by atoms with E-state index in [1.807, 2.05) is 0 Å². The zero-order chi connectivity index (χ0) is 82.9. The van der Waals surface area contributed by atoms with Gasteiger partial charge in [0, 0.05) is 81.7 Å². The highest BCUT2D eigenvalue weighted by Gasteiger charge is 2.29. The molecule has 0 unspecified atom stereocenters. The lowest BCUT2D eigenvalue weighted by molar-refractivity contribution is 1.19. The predicted molar refractivity (Wildman–Crippen MR) is 535 cm³/mol. The summed E-state index contributed by atoms with van der Waals surface area (Å²) in [5.41, 5.74) is 25.9. The van der Waals surface area contributed by atoms with E-state index < -0.39 is 0 Å². The summed E-state index contributed by atoms with van der Waals surface area (Å²) in [7, 11) is 0. The minimum absolute atomic E-state index is 0.943.